The Morgan fingerprint density at radius 1 is 1.39 bits per heavy atom. The number of carbonyl (C=O) groups excluding carboxylic acids is 1. The SMILES string of the molecule is NC(=O)O[C@H](C(O)Cc1ccccc1)C1(O)CC1. The topological polar surface area (TPSA) is 92.8 Å². The van der Waals surface area contributed by atoms with Gasteiger partial charge in [0.1, 0.15) is 5.60 Å². The number of amides is 1. The summed E-state index contributed by atoms with van der Waals surface area (Å²) in [5.41, 5.74) is 4.75. The van der Waals surface area contributed by atoms with Crippen molar-refractivity contribution in [1.29, 1.82) is 0 Å². The molecule has 5 heteroatoms. The Bertz CT molecular complexity index is 416. The van der Waals surface area contributed by atoms with E-state index in [0.717, 1.165) is 5.56 Å². The van der Waals surface area contributed by atoms with Crippen LogP contribution in [0.3, 0.4) is 0 Å². The molecule has 1 saturated carbocycles. The van der Waals surface area contributed by atoms with E-state index in [2.05, 4.69) is 0 Å². The molecule has 0 aromatic heterocycles. The minimum Gasteiger partial charge on any atom is -0.441 e. The van der Waals surface area contributed by atoms with Crippen LogP contribution in [0.5, 0.6) is 0 Å². The molecule has 0 bridgehead atoms. The molecule has 0 spiro atoms. The van der Waals surface area contributed by atoms with Crippen molar-refractivity contribution in [2.75, 3.05) is 0 Å². The van der Waals surface area contributed by atoms with Gasteiger partial charge in [-0.1, -0.05) is 30.3 Å². The normalized spacial score (nSPS) is 19.9. The highest BCUT2D eigenvalue weighted by atomic mass is 16.6. The van der Waals surface area contributed by atoms with Crippen LogP contribution in [0.2, 0.25) is 0 Å². The van der Waals surface area contributed by atoms with Crippen molar-refractivity contribution in [1.82, 2.24) is 0 Å². The molecule has 0 saturated heterocycles. The van der Waals surface area contributed by atoms with Crippen molar-refractivity contribution < 1.29 is 19.7 Å². The highest BCUT2D eigenvalue weighted by Crippen LogP contribution is 2.41. The second-order valence-corrected chi connectivity index (χ2v) is 4.72. The molecule has 0 radical (unpaired) electrons. The fourth-order valence-corrected chi connectivity index (χ4v) is 2.05. The second-order valence-electron chi connectivity index (χ2n) is 4.72. The Hall–Kier alpha value is -1.59. The lowest BCUT2D eigenvalue weighted by Gasteiger charge is -2.26. The number of carbonyl (C=O) groups is 1. The second kappa shape index (κ2) is 4.96. The molecule has 1 unspecified atom stereocenters. The van der Waals surface area contributed by atoms with E-state index in [9.17, 15) is 15.0 Å². The molecular weight excluding hydrogens is 234 g/mol. The number of benzene rings is 1. The fourth-order valence-electron chi connectivity index (χ4n) is 2.05. The Morgan fingerprint density at radius 3 is 2.50 bits per heavy atom. The lowest BCUT2D eigenvalue weighted by atomic mass is 9.99. The van der Waals surface area contributed by atoms with Gasteiger partial charge < -0.3 is 20.7 Å². The van der Waals surface area contributed by atoms with Crippen LogP contribution in [0.25, 0.3) is 0 Å². The van der Waals surface area contributed by atoms with Gasteiger partial charge >= 0.3 is 6.09 Å². The van der Waals surface area contributed by atoms with Crippen molar-refractivity contribution in [3.8, 4) is 0 Å². The first-order valence-electron chi connectivity index (χ1n) is 5.92. The Morgan fingerprint density at radius 2 is 2.00 bits per heavy atom. The maximum atomic E-state index is 10.8. The van der Waals surface area contributed by atoms with Crippen molar-refractivity contribution in [2.45, 2.75) is 37.1 Å². The molecule has 1 aliphatic carbocycles. The predicted molar refractivity (Wildman–Crippen MR) is 64.8 cm³/mol. The van der Waals surface area contributed by atoms with E-state index in [1.807, 2.05) is 30.3 Å². The van der Waals surface area contributed by atoms with Crippen molar-refractivity contribution in [3.63, 3.8) is 0 Å². The smallest absolute Gasteiger partial charge is 0.404 e. The number of primary amides is 1. The molecule has 1 amide bonds. The summed E-state index contributed by atoms with van der Waals surface area (Å²) < 4.78 is 4.85. The van der Waals surface area contributed by atoms with Crippen molar-refractivity contribution in [3.05, 3.63) is 35.9 Å². The standard InChI is InChI=1S/C13H17NO4/c14-12(16)18-11(13(17)6-7-13)10(15)8-9-4-2-1-3-5-9/h1-5,10-11,15,17H,6-8H2,(H2,14,16)/t10?,11-/m1/s1. The summed E-state index contributed by atoms with van der Waals surface area (Å²) in [5.74, 6) is 0. The van der Waals surface area contributed by atoms with Gasteiger partial charge in [0.25, 0.3) is 0 Å². The molecule has 98 valence electrons. The first-order chi connectivity index (χ1) is 8.51. The zero-order valence-corrected chi connectivity index (χ0v) is 9.95. The summed E-state index contributed by atoms with van der Waals surface area (Å²) in [4.78, 5) is 10.8. The van der Waals surface area contributed by atoms with Crippen LogP contribution in [-0.2, 0) is 11.2 Å². The molecule has 0 heterocycles. The number of aliphatic hydroxyl groups excluding tert-OH is 1. The van der Waals surface area contributed by atoms with Gasteiger partial charge in [0.2, 0.25) is 0 Å². The fraction of sp³-hybridized carbons (Fsp3) is 0.462. The van der Waals surface area contributed by atoms with Gasteiger partial charge in [-0.05, 0) is 18.4 Å². The number of nitrogens with two attached hydrogens (primary N) is 1. The highest BCUT2D eigenvalue weighted by Gasteiger charge is 2.53. The van der Waals surface area contributed by atoms with Crippen molar-refractivity contribution >= 4 is 6.09 Å². The van der Waals surface area contributed by atoms with Crippen LogP contribution in [0.1, 0.15) is 18.4 Å². The van der Waals surface area contributed by atoms with Gasteiger partial charge in [0.15, 0.2) is 6.10 Å². The van der Waals surface area contributed by atoms with Crippen LogP contribution in [0.4, 0.5) is 4.79 Å². The molecule has 18 heavy (non-hydrogen) atoms. The average molecular weight is 251 g/mol. The lowest BCUT2D eigenvalue weighted by molar-refractivity contribution is -0.0761. The summed E-state index contributed by atoms with van der Waals surface area (Å²) in [7, 11) is 0. The zero-order valence-electron chi connectivity index (χ0n) is 9.95. The highest BCUT2D eigenvalue weighted by molar-refractivity contribution is 5.65. The number of hydrogen-bond acceptors (Lipinski definition) is 4. The van der Waals surface area contributed by atoms with E-state index in [1.54, 1.807) is 0 Å². The Labute approximate surface area is 105 Å². The molecule has 1 fully saturated rings. The van der Waals surface area contributed by atoms with E-state index in [0.29, 0.717) is 19.3 Å². The summed E-state index contributed by atoms with van der Waals surface area (Å²) in [6.45, 7) is 0. The van der Waals surface area contributed by atoms with Gasteiger partial charge in [-0.25, -0.2) is 4.79 Å². The summed E-state index contributed by atoms with van der Waals surface area (Å²) in [6.07, 6.45) is -1.58. The van der Waals surface area contributed by atoms with Crippen LogP contribution in [0.15, 0.2) is 30.3 Å². The maximum absolute atomic E-state index is 10.8. The number of aliphatic hydroxyl groups is 2. The minimum atomic E-state index is -1.12. The van der Waals surface area contributed by atoms with E-state index in [1.165, 1.54) is 0 Å². The Kier molecular flexibility index (Phi) is 3.54. The maximum Gasteiger partial charge on any atom is 0.404 e. The molecule has 1 aliphatic rings. The Balaban J connectivity index is 2.04. The molecule has 1 aromatic rings. The van der Waals surface area contributed by atoms with Gasteiger partial charge in [0, 0.05) is 6.42 Å². The van der Waals surface area contributed by atoms with Gasteiger partial charge in [-0.3, -0.25) is 0 Å². The first kappa shape index (κ1) is 12.9. The van der Waals surface area contributed by atoms with Crippen LogP contribution in [-0.4, -0.2) is 34.1 Å². The van der Waals surface area contributed by atoms with E-state index in [-0.39, 0.29) is 0 Å². The molecule has 0 aliphatic heterocycles. The lowest BCUT2D eigenvalue weighted by Crippen LogP contribution is -2.45. The molecule has 2 atom stereocenters. The molecule has 4 N–H and O–H groups in total. The average Bonchev–Trinajstić information content (AvgIpc) is 3.06. The van der Waals surface area contributed by atoms with E-state index < -0.39 is 23.9 Å². The third kappa shape index (κ3) is 3.00. The number of rotatable bonds is 5. The largest absolute Gasteiger partial charge is 0.441 e. The monoisotopic (exact) mass is 251 g/mol. The number of hydrogen-bond donors (Lipinski definition) is 3. The van der Waals surface area contributed by atoms with Crippen LogP contribution < -0.4 is 5.73 Å². The molecule has 1 aromatic carbocycles. The third-order valence-electron chi connectivity index (χ3n) is 3.17. The van der Waals surface area contributed by atoms with Gasteiger partial charge in [-0.15, -0.1) is 0 Å². The third-order valence-corrected chi connectivity index (χ3v) is 3.17. The molecular formula is C13H17NO4. The van der Waals surface area contributed by atoms with E-state index in [4.69, 9.17) is 10.5 Å². The van der Waals surface area contributed by atoms with Gasteiger partial charge in [-0.2, -0.15) is 0 Å². The summed E-state index contributed by atoms with van der Waals surface area (Å²) in [6, 6.07) is 9.32. The quantitative estimate of drug-likeness (QED) is 0.713. The van der Waals surface area contributed by atoms with Gasteiger partial charge in [0.05, 0.1) is 6.10 Å². The van der Waals surface area contributed by atoms with Crippen molar-refractivity contribution in [2.24, 2.45) is 5.73 Å². The minimum absolute atomic E-state index is 0.307. The zero-order chi connectivity index (χ0) is 13.2. The first-order valence-corrected chi connectivity index (χ1v) is 5.92. The van der Waals surface area contributed by atoms with Crippen LogP contribution >= 0.6 is 0 Å². The summed E-state index contributed by atoms with van der Waals surface area (Å²) in [5, 5.41) is 20.1. The molecule has 5 nitrogen and oxygen atoms in total. The van der Waals surface area contributed by atoms with Crippen LogP contribution in [0, 0.1) is 0 Å². The molecule has 2 rings (SSSR count). The summed E-state index contributed by atoms with van der Waals surface area (Å²) >= 11 is 0. The predicted octanol–water partition coefficient (Wildman–Crippen LogP) is 0.579. The number of ether oxygens (including phenoxy) is 1. The van der Waals surface area contributed by atoms with E-state index >= 15 is 0 Å².